The Bertz CT molecular complexity index is 706. The zero-order valence-corrected chi connectivity index (χ0v) is 14.2. The van der Waals surface area contributed by atoms with Crippen molar-refractivity contribution in [3.63, 3.8) is 0 Å². The minimum absolute atomic E-state index is 0.0614. The van der Waals surface area contributed by atoms with Crippen LogP contribution in [0, 0.1) is 5.92 Å². The smallest absolute Gasteiger partial charge is 0.260 e. The van der Waals surface area contributed by atoms with E-state index in [0.29, 0.717) is 18.3 Å². The van der Waals surface area contributed by atoms with Crippen LogP contribution in [-0.2, 0) is 14.8 Å². The van der Waals surface area contributed by atoms with Crippen LogP contribution in [0.2, 0.25) is 0 Å². The van der Waals surface area contributed by atoms with Crippen LogP contribution in [0.5, 0.6) is 0 Å². The van der Waals surface area contributed by atoms with Gasteiger partial charge in [-0.15, -0.1) is 0 Å². The lowest BCUT2D eigenvalue weighted by atomic mass is 10.2. The average molecular weight is 338 g/mol. The number of carbonyl (C=O) groups excluding carboxylic acids is 1. The highest BCUT2D eigenvalue weighted by Crippen LogP contribution is 2.45. The van der Waals surface area contributed by atoms with Gasteiger partial charge in [0, 0.05) is 26.7 Å². The second-order valence-corrected chi connectivity index (χ2v) is 8.02. The molecular formula is C15H22N4O3S. The van der Waals surface area contributed by atoms with Gasteiger partial charge in [0.05, 0.1) is 6.54 Å². The van der Waals surface area contributed by atoms with Crippen molar-refractivity contribution in [3.8, 4) is 0 Å². The summed E-state index contributed by atoms with van der Waals surface area (Å²) in [6.07, 6.45) is 3.01. The number of rotatable bonds is 5. The fourth-order valence-corrected chi connectivity index (χ4v) is 4.81. The highest BCUT2D eigenvalue weighted by Gasteiger charge is 2.49. The molecule has 1 saturated carbocycles. The Morgan fingerprint density at radius 2 is 2.26 bits per heavy atom. The van der Waals surface area contributed by atoms with Crippen LogP contribution in [0.3, 0.4) is 0 Å². The number of likely N-dealkylation sites (N-methyl/N-ethyl adjacent to an activating group) is 2. The minimum atomic E-state index is -3.56. The third-order valence-corrected chi connectivity index (χ3v) is 6.37. The topological polar surface area (TPSA) is 82.6 Å². The van der Waals surface area contributed by atoms with E-state index < -0.39 is 10.0 Å². The Morgan fingerprint density at radius 3 is 3.00 bits per heavy atom. The van der Waals surface area contributed by atoms with Crippen molar-refractivity contribution in [1.82, 2.24) is 14.6 Å². The third kappa shape index (κ3) is 3.18. The number of aromatic nitrogens is 1. The van der Waals surface area contributed by atoms with Crippen molar-refractivity contribution < 1.29 is 13.2 Å². The number of anilines is 1. The number of sulfonamides is 1. The molecule has 1 amide bonds. The summed E-state index contributed by atoms with van der Waals surface area (Å²) in [4.78, 5) is 17.4. The summed E-state index contributed by atoms with van der Waals surface area (Å²) < 4.78 is 27.3. The van der Waals surface area contributed by atoms with Crippen molar-refractivity contribution in [2.45, 2.75) is 30.3 Å². The predicted molar refractivity (Wildman–Crippen MR) is 86.6 cm³/mol. The van der Waals surface area contributed by atoms with Gasteiger partial charge < -0.3 is 10.2 Å². The molecule has 2 aliphatic rings. The molecule has 0 spiro atoms. The molecule has 3 rings (SSSR count). The lowest BCUT2D eigenvalue weighted by Crippen LogP contribution is -2.38. The van der Waals surface area contributed by atoms with E-state index in [2.05, 4.69) is 10.3 Å². The van der Waals surface area contributed by atoms with Crippen LogP contribution in [0.25, 0.3) is 0 Å². The van der Waals surface area contributed by atoms with Gasteiger partial charge >= 0.3 is 0 Å². The quantitative estimate of drug-likeness (QED) is 0.842. The van der Waals surface area contributed by atoms with Gasteiger partial charge in [-0.1, -0.05) is 6.07 Å². The highest BCUT2D eigenvalue weighted by molar-refractivity contribution is 7.89. The molecule has 1 saturated heterocycles. The van der Waals surface area contributed by atoms with Crippen LogP contribution in [0.1, 0.15) is 19.3 Å². The molecule has 1 N–H and O–H groups in total. The maximum absolute atomic E-state index is 12.8. The molecular weight excluding hydrogens is 316 g/mol. The van der Waals surface area contributed by atoms with E-state index >= 15 is 0 Å². The van der Waals surface area contributed by atoms with Gasteiger partial charge in [-0.25, -0.2) is 13.4 Å². The Kier molecular flexibility index (Phi) is 4.29. The summed E-state index contributed by atoms with van der Waals surface area (Å²) in [6.45, 7) is 0.699. The zero-order chi connectivity index (χ0) is 16.6. The molecule has 1 aliphatic carbocycles. The molecule has 2 unspecified atom stereocenters. The summed E-state index contributed by atoms with van der Waals surface area (Å²) in [5, 5.41) is 2.60. The molecule has 0 bridgehead atoms. The number of hydrogen-bond donors (Lipinski definition) is 1. The number of amides is 1. The zero-order valence-electron chi connectivity index (χ0n) is 13.4. The first-order valence-corrected chi connectivity index (χ1v) is 9.28. The Balaban J connectivity index is 1.82. The summed E-state index contributed by atoms with van der Waals surface area (Å²) in [5.74, 6) is 0.844. The third-order valence-electron chi connectivity index (χ3n) is 4.54. The van der Waals surface area contributed by atoms with Crippen LogP contribution in [0.15, 0.2) is 23.2 Å². The van der Waals surface area contributed by atoms with E-state index in [0.717, 1.165) is 19.3 Å². The summed E-state index contributed by atoms with van der Waals surface area (Å²) in [5.41, 5.74) is 0. The minimum Gasteiger partial charge on any atom is -0.358 e. The number of pyridine rings is 1. The normalized spacial score (nSPS) is 23.9. The lowest BCUT2D eigenvalue weighted by molar-refractivity contribution is -0.119. The number of carbonyl (C=O) groups is 1. The van der Waals surface area contributed by atoms with E-state index in [1.165, 1.54) is 6.07 Å². The average Bonchev–Trinajstić information content (AvgIpc) is 3.34. The summed E-state index contributed by atoms with van der Waals surface area (Å²) in [6, 6.07) is 5.06. The highest BCUT2D eigenvalue weighted by atomic mass is 32.2. The Hall–Kier alpha value is -1.67. The molecule has 7 nitrogen and oxygen atoms in total. The number of nitrogens with one attached hydrogen (secondary N) is 1. The van der Waals surface area contributed by atoms with Crippen molar-refractivity contribution in [2.24, 2.45) is 5.92 Å². The summed E-state index contributed by atoms with van der Waals surface area (Å²) >= 11 is 0. The van der Waals surface area contributed by atoms with E-state index in [-0.39, 0.29) is 23.5 Å². The standard InChI is InChI=1S/C15H22N4O3S/c1-16-14(20)10-18(2)13-6-3-7-15(17-13)23(21,22)19-8-4-5-11-9-12(11)19/h3,6-7,11-12H,4-5,8-10H2,1-2H3,(H,16,20). The second kappa shape index (κ2) is 6.09. The van der Waals surface area contributed by atoms with Crippen LogP contribution >= 0.6 is 0 Å². The van der Waals surface area contributed by atoms with E-state index in [1.54, 1.807) is 35.4 Å². The maximum Gasteiger partial charge on any atom is 0.260 e. The van der Waals surface area contributed by atoms with Crippen molar-refractivity contribution in [1.29, 1.82) is 0 Å². The van der Waals surface area contributed by atoms with Gasteiger partial charge in [-0.05, 0) is 37.3 Å². The molecule has 2 atom stereocenters. The van der Waals surface area contributed by atoms with Crippen LogP contribution in [-0.4, -0.2) is 56.8 Å². The van der Waals surface area contributed by atoms with Crippen LogP contribution < -0.4 is 10.2 Å². The van der Waals surface area contributed by atoms with E-state index in [9.17, 15) is 13.2 Å². The Labute approximate surface area is 136 Å². The molecule has 1 aromatic rings. The molecule has 1 aliphatic heterocycles. The number of hydrogen-bond acceptors (Lipinski definition) is 5. The fraction of sp³-hybridized carbons (Fsp3) is 0.600. The summed E-state index contributed by atoms with van der Waals surface area (Å²) in [7, 11) is -0.288. The van der Waals surface area contributed by atoms with Crippen molar-refractivity contribution >= 4 is 21.7 Å². The van der Waals surface area contributed by atoms with Crippen LogP contribution in [0.4, 0.5) is 5.82 Å². The van der Waals surface area contributed by atoms with Gasteiger partial charge in [-0.2, -0.15) is 4.31 Å². The van der Waals surface area contributed by atoms with E-state index in [1.807, 2.05) is 0 Å². The molecule has 0 radical (unpaired) electrons. The monoisotopic (exact) mass is 338 g/mol. The molecule has 2 fully saturated rings. The van der Waals surface area contributed by atoms with Crippen molar-refractivity contribution in [3.05, 3.63) is 18.2 Å². The maximum atomic E-state index is 12.8. The second-order valence-electron chi connectivity index (χ2n) is 6.18. The predicted octanol–water partition coefficient (Wildman–Crippen LogP) is 0.437. The SMILES string of the molecule is CNC(=O)CN(C)c1cccc(S(=O)(=O)N2CCCC3CC32)n1. The molecule has 23 heavy (non-hydrogen) atoms. The first-order valence-electron chi connectivity index (χ1n) is 7.84. The lowest BCUT2D eigenvalue weighted by Gasteiger charge is -2.26. The molecule has 0 aromatic carbocycles. The molecule has 1 aromatic heterocycles. The molecule has 2 heterocycles. The van der Waals surface area contributed by atoms with Gasteiger partial charge in [0.25, 0.3) is 10.0 Å². The Morgan fingerprint density at radius 1 is 1.48 bits per heavy atom. The number of fused-ring (bicyclic) bond motifs is 1. The van der Waals surface area contributed by atoms with Gasteiger partial charge in [-0.3, -0.25) is 4.79 Å². The van der Waals surface area contributed by atoms with Crippen molar-refractivity contribution in [2.75, 3.05) is 32.1 Å². The van der Waals surface area contributed by atoms with Gasteiger partial charge in [0.15, 0.2) is 5.03 Å². The van der Waals surface area contributed by atoms with E-state index in [4.69, 9.17) is 0 Å². The van der Waals surface area contributed by atoms with Gasteiger partial charge in [0.2, 0.25) is 5.91 Å². The molecule has 126 valence electrons. The fourth-order valence-electron chi connectivity index (χ4n) is 3.12. The number of nitrogens with zero attached hydrogens (tertiary/aromatic N) is 3. The first-order chi connectivity index (χ1) is 10.9. The number of piperidine rings is 1. The largest absolute Gasteiger partial charge is 0.358 e. The molecule has 8 heteroatoms. The van der Waals surface area contributed by atoms with Gasteiger partial charge in [0.1, 0.15) is 5.82 Å². The first kappa shape index (κ1) is 16.2.